The maximum atomic E-state index is 12.7. The van der Waals surface area contributed by atoms with Crippen LogP contribution in [0.25, 0.3) is 11.2 Å². The predicted molar refractivity (Wildman–Crippen MR) is 101 cm³/mol. The third-order valence-electron chi connectivity index (χ3n) is 4.10. The lowest BCUT2D eigenvalue weighted by Gasteiger charge is -2.10. The molecule has 0 aliphatic carbocycles. The molecule has 0 aliphatic heterocycles. The zero-order chi connectivity index (χ0) is 19.7. The molecule has 0 bridgehead atoms. The van der Waals surface area contributed by atoms with Crippen molar-refractivity contribution in [2.75, 3.05) is 5.75 Å². The van der Waals surface area contributed by atoms with Crippen LogP contribution in [-0.4, -0.2) is 30.4 Å². The van der Waals surface area contributed by atoms with Gasteiger partial charge in [0.2, 0.25) is 0 Å². The van der Waals surface area contributed by atoms with E-state index in [0.717, 1.165) is 10.1 Å². The molecule has 0 saturated heterocycles. The minimum atomic E-state index is -1.16. The summed E-state index contributed by atoms with van der Waals surface area (Å²) in [6, 6.07) is 7.14. The number of hydrogen-bond acceptors (Lipinski definition) is 6. The van der Waals surface area contributed by atoms with Crippen molar-refractivity contribution in [2.24, 2.45) is 14.1 Å². The summed E-state index contributed by atoms with van der Waals surface area (Å²) < 4.78 is 4.02. The maximum Gasteiger partial charge on any atom is 0.332 e. The van der Waals surface area contributed by atoms with Crippen LogP contribution < -0.4 is 16.4 Å². The van der Waals surface area contributed by atoms with Gasteiger partial charge >= 0.3 is 5.69 Å². The normalized spacial score (nSPS) is 11.2. The molecular weight excluding hydrogens is 392 g/mol. The molecule has 1 aromatic carbocycles. The van der Waals surface area contributed by atoms with Crippen molar-refractivity contribution in [3.63, 3.8) is 0 Å². The summed E-state index contributed by atoms with van der Waals surface area (Å²) in [5.41, 5.74) is 0.492. The van der Waals surface area contributed by atoms with Gasteiger partial charge < -0.3 is 14.5 Å². The van der Waals surface area contributed by atoms with Crippen LogP contribution in [0.15, 0.2) is 39.0 Å². The number of halogens is 1. The molecule has 142 valence electrons. The molecule has 0 fully saturated rings. The van der Waals surface area contributed by atoms with Gasteiger partial charge in [-0.1, -0.05) is 35.5 Å². The highest BCUT2D eigenvalue weighted by atomic mass is 35.5. The first-order valence-corrected chi connectivity index (χ1v) is 9.39. The first kappa shape index (κ1) is 19.2. The van der Waals surface area contributed by atoms with Gasteiger partial charge in [-0.2, -0.15) is 0 Å². The molecule has 0 atom stereocenters. The van der Waals surface area contributed by atoms with Crippen molar-refractivity contribution in [3.8, 4) is 0 Å². The van der Waals surface area contributed by atoms with E-state index in [4.69, 9.17) is 11.6 Å². The van der Waals surface area contributed by atoms with Gasteiger partial charge in [0, 0.05) is 30.8 Å². The van der Waals surface area contributed by atoms with E-state index >= 15 is 0 Å². The van der Waals surface area contributed by atoms with Gasteiger partial charge in [-0.25, -0.2) is 9.78 Å². The Morgan fingerprint density at radius 3 is 2.48 bits per heavy atom. The fourth-order valence-corrected chi connectivity index (χ4v) is 3.72. The van der Waals surface area contributed by atoms with Crippen LogP contribution in [0, 0.1) is 0 Å². The third kappa shape index (κ3) is 3.79. The van der Waals surface area contributed by atoms with Gasteiger partial charge in [-0.15, -0.1) is 0 Å². The second-order valence-corrected chi connectivity index (χ2v) is 7.45. The molecule has 3 aromatic rings. The highest BCUT2D eigenvalue weighted by Gasteiger charge is 2.19. The van der Waals surface area contributed by atoms with Crippen LogP contribution in [-0.2, 0) is 25.4 Å². The highest BCUT2D eigenvalue weighted by Crippen LogP contribution is 2.24. The Morgan fingerprint density at radius 1 is 1.19 bits per heavy atom. The monoisotopic (exact) mass is 407 g/mol. The molecular formula is C17H16ClN4O4S-. The number of carbonyl (C=O) groups excluding carboxylic acids is 1. The predicted octanol–water partition coefficient (Wildman–Crippen LogP) is 0.367. The van der Waals surface area contributed by atoms with Crippen LogP contribution in [0.4, 0.5) is 0 Å². The third-order valence-corrected chi connectivity index (χ3v) is 5.33. The Hall–Kier alpha value is -2.52. The van der Waals surface area contributed by atoms with Crippen molar-refractivity contribution < 1.29 is 9.90 Å². The summed E-state index contributed by atoms with van der Waals surface area (Å²) in [5, 5.41) is 11.8. The van der Waals surface area contributed by atoms with Crippen molar-refractivity contribution in [3.05, 3.63) is 55.7 Å². The number of carboxylic acid groups (broad SMARTS) is 1. The molecule has 0 unspecified atom stereocenters. The summed E-state index contributed by atoms with van der Waals surface area (Å²) in [7, 11) is 2.95. The number of thioether (sulfide) groups is 1. The van der Waals surface area contributed by atoms with Gasteiger partial charge in [0.15, 0.2) is 16.3 Å². The molecule has 0 saturated carbocycles. The maximum absolute atomic E-state index is 12.7. The Bertz CT molecular complexity index is 1130. The van der Waals surface area contributed by atoms with Gasteiger partial charge in [0.05, 0.1) is 6.54 Å². The molecule has 0 amide bonds. The Kier molecular flexibility index (Phi) is 5.43. The van der Waals surface area contributed by atoms with Gasteiger partial charge in [-0.05, 0) is 24.1 Å². The quantitative estimate of drug-likeness (QED) is 0.547. The zero-order valence-corrected chi connectivity index (χ0v) is 16.2. The van der Waals surface area contributed by atoms with Gasteiger partial charge in [-0.3, -0.25) is 13.9 Å². The second kappa shape index (κ2) is 7.61. The van der Waals surface area contributed by atoms with E-state index in [-0.39, 0.29) is 23.3 Å². The van der Waals surface area contributed by atoms with Crippen LogP contribution in [0.5, 0.6) is 0 Å². The molecule has 0 aliphatic rings. The molecule has 0 N–H and O–H groups in total. The Balaban J connectivity index is 2.16. The fourth-order valence-electron chi connectivity index (χ4n) is 2.68. The molecule has 27 heavy (non-hydrogen) atoms. The first-order chi connectivity index (χ1) is 12.8. The smallest absolute Gasteiger partial charge is 0.332 e. The summed E-state index contributed by atoms with van der Waals surface area (Å²) in [6.45, 7) is 0.328. The minimum absolute atomic E-state index is 0.147. The lowest BCUT2D eigenvalue weighted by atomic mass is 10.2. The van der Waals surface area contributed by atoms with E-state index in [1.807, 2.05) is 12.1 Å². The number of aliphatic carboxylic acids is 1. The van der Waals surface area contributed by atoms with Crippen LogP contribution in [0.1, 0.15) is 12.0 Å². The number of hydrogen-bond donors (Lipinski definition) is 0. The Morgan fingerprint density at radius 2 is 1.85 bits per heavy atom. The lowest BCUT2D eigenvalue weighted by Crippen LogP contribution is -2.37. The zero-order valence-electron chi connectivity index (χ0n) is 14.6. The number of fused-ring (bicyclic) bond motifs is 1. The average molecular weight is 408 g/mol. The van der Waals surface area contributed by atoms with Crippen molar-refractivity contribution in [1.82, 2.24) is 18.7 Å². The van der Waals surface area contributed by atoms with Crippen LogP contribution >= 0.6 is 23.4 Å². The van der Waals surface area contributed by atoms with E-state index in [0.29, 0.717) is 16.7 Å². The van der Waals surface area contributed by atoms with Gasteiger partial charge in [0.1, 0.15) is 0 Å². The number of benzene rings is 1. The fraction of sp³-hybridized carbons (Fsp3) is 0.294. The molecule has 0 radical (unpaired) electrons. The van der Waals surface area contributed by atoms with E-state index in [1.165, 1.54) is 23.4 Å². The number of carbonyl (C=O) groups is 1. The largest absolute Gasteiger partial charge is 0.550 e. The average Bonchev–Trinajstić information content (AvgIpc) is 2.98. The number of aryl methyl sites for hydroxylation is 1. The number of aromatic nitrogens is 4. The number of carboxylic acids is 1. The molecule has 10 heteroatoms. The van der Waals surface area contributed by atoms with Crippen molar-refractivity contribution in [2.45, 2.75) is 18.1 Å². The van der Waals surface area contributed by atoms with E-state index in [2.05, 4.69) is 4.98 Å². The summed E-state index contributed by atoms with van der Waals surface area (Å²) in [4.78, 5) is 40.0. The standard InChI is InChI=1S/C17H17ClN4O4S/c1-20-14-13(15(25)21(2)17(20)26)22(9-10-3-5-11(18)6-4-10)16(19-14)27-8-7-12(23)24/h3-6H,7-9H2,1-2H3,(H,23,24)/p-1. The summed E-state index contributed by atoms with van der Waals surface area (Å²) in [5.74, 6) is -0.924. The number of imidazole rings is 1. The molecule has 0 spiro atoms. The van der Waals surface area contributed by atoms with Crippen LogP contribution in [0.2, 0.25) is 5.02 Å². The topological polar surface area (TPSA) is 102 Å². The lowest BCUT2D eigenvalue weighted by molar-refractivity contribution is -0.305. The summed E-state index contributed by atoms with van der Waals surface area (Å²) >= 11 is 7.12. The molecule has 8 nitrogen and oxygen atoms in total. The highest BCUT2D eigenvalue weighted by molar-refractivity contribution is 7.99. The molecule has 2 aromatic heterocycles. The summed E-state index contributed by atoms with van der Waals surface area (Å²) in [6.07, 6.45) is -0.147. The first-order valence-electron chi connectivity index (χ1n) is 8.03. The van der Waals surface area contributed by atoms with E-state index in [1.54, 1.807) is 23.7 Å². The molecule has 2 heterocycles. The minimum Gasteiger partial charge on any atom is -0.550 e. The number of rotatable bonds is 6. The Labute approximate surface area is 163 Å². The molecule has 3 rings (SSSR count). The van der Waals surface area contributed by atoms with E-state index < -0.39 is 17.2 Å². The van der Waals surface area contributed by atoms with E-state index in [9.17, 15) is 19.5 Å². The number of nitrogens with zero attached hydrogens (tertiary/aromatic N) is 4. The van der Waals surface area contributed by atoms with Crippen molar-refractivity contribution >= 4 is 40.5 Å². The van der Waals surface area contributed by atoms with Gasteiger partial charge in [0.25, 0.3) is 5.56 Å². The van der Waals surface area contributed by atoms with Crippen LogP contribution in [0.3, 0.4) is 0 Å². The van der Waals surface area contributed by atoms with Crippen molar-refractivity contribution in [1.29, 1.82) is 0 Å². The SMILES string of the molecule is Cn1c(=O)c2c(nc(SCCC(=O)[O-])n2Cc2ccc(Cl)cc2)n(C)c1=O. The second-order valence-electron chi connectivity index (χ2n) is 5.96.